The lowest BCUT2D eigenvalue weighted by Gasteiger charge is -2.35. The summed E-state index contributed by atoms with van der Waals surface area (Å²) in [5.74, 6) is -4.51. The highest BCUT2D eigenvalue weighted by molar-refractivity contribution is 5.66. The van der Waals surface area contributed by atoms with E-state index in [2.05, 4.69) is 6.92 Å². The van der Waals surface area contributed by atoms with E-state index >= 15 is 8.78 Å². The molecule has 2 nitrogen and oxygen atoms in total. The van der Waals surface area contributed by atoms with Gasteiger partial charge in [-0.1, -0.05) is 25.5 Å². The van der Waals surface area contributed by atoms with Gasteiger partial charge in [0.2, 0.25) is 5.82 Å². The van der Waals surface area contributed by atoms with Gasteiger partial charge in [-0.3, -0.25) is 0 Å². The first-order valence-electron chi connectivity index (χ1n) is 12.4. The van der Waals surface area contributed by atoms with Crippen LogP contribution >= 0.6 is 0 Å². The topological polar surface area (TPSA) is 18.5 Å². The van der Waals surface area contributed by atoms with E-state index in [0.29, 0.717) is 11.5 Å². The number of rotatable bonds is 7. The molecular formula is C28H32F4O2. The molecule has 1 aliphatic carbocycles. The summed E-state index contributed by atoms with van der Waals surface area (Å²) in [6.07, 6.45) is 9.70. The first-order valence-corrected chi connectivity index (χ1v) is 12.4. The van der Waals surface area contributed by atoms with Crippen LogP contribution in [0.2, 0.25) is 0 Å². The van der Waals surface area contributed by atoms with Gasteiger partial charge < -0.3 is 9.47 Å². The fourth-order valence-electron chi connectivity index (χ4n) is 5.39. The van der Waals surface area contributed by atoms with Crippen LogP contribution in [0.5, 0.6) is 5.75 Å². The summed E-state index contributed by atoms with van der Waals surface area (Å²) >= 11 is 0. The zero-order chi connectivity index (χ0) is 24.2. The molecule has 0 saturated heterocycles. The minimum absolute atomic E-state index is 0.100. The highest BCUT2D eigenvalue weighted by Crippen LogP contribution is 2.42. The van der Waals surface area contributed by atoms with Crippen molar-refractivity contribution >= 4 is 0 Å². The molecule has 1 saturated carbocycles. The van der Waals surface area contributed by atoms with Gasteiger partial charge in [0, 0.05) is 11.1 Å². The van der Waals surface area contributed by atoms with Gasteiger partial charge in [-0.2, -0.15) is 4.39 Å². The van der Waals surface area contributed by atoms with E-state index in [9.17, 15) is 8.78 Å². The summed E-state index contributed by atoms with van der Waals surface area (Å²) in [6, 6.07) is 5.32. The first-order chi connectivity index (χ1) is 16.4. The summed E-state index contributed by atoms with van der Waals surface area (Å²) < 4.78 is 70.0. The maximum atomic E-state index is 15.1. The fourth-order valence-corrected chi connectivity index (χ4v) is 5.39. The van der Waals surface area contributed by atoms with E-state index in [-0.39, 0.29) is 35.5 Å². The lowest BCUT2D eigenvalue weighted by molar-refractivity contribution is 0.0444. The predicted octanol–water partition coefficient (Wildman–Crippen LogP) is 8.45. The molecule has 184 valence electrons. The molecule has 1 aliphatic heterocycles. The lowest BCUT2D eigenvalue weighted by atomic mass is 9.75. The Morgan fingerprint density at radius 2 is 1.50 bits per heavy atom. The standard InChI is InChI=1S/C28H32F4O2/c1-3-5-17-6-14-23(34-16-17)19-9-7-18(8-10-19)20-11-12-21(26(30)25(20)29)22-13-15-24(33-4-2)28(32)27(22)31/h11-13,15-16,18-19,23H,3-10,14H2,1-2H3. The lowest BCUT2D eigenvalue weighted by Crippen LogP contribution is -2.28. The monoisotopic (exact) mass is 476 g/mol. The molecule has 6 heteroatoms. The van der Waals surface area contributed by atoms with Gasteiger partial charge in [-0.15, -0.1) is 0 Å². The van der Waals surface area contributed by atoms with Crippen molar-refractivity contribution < 1.29 is 27.0 Å². The number of hydrogen-bond acceptors (Lipinski definition) is 2. The first kappa shape index (κ1) is 24.6. The second-order valence-corrected chi connectivity index (χ2v) is 9.35. The molecule has 0 spiro atoms. The van der Waals surface area contributed by atoms with Crippen molar-refractivity contribution in [3.05, 3.63) is 64.9 Å². The smallest absolute Gasteiger partial charge is 0.201 e. The van der Waals surface area contributed by atoms with Crippen LogP contribution in [-0.4, -0.2) is 12.7 Å². The summed E-state index contributed by atoms with van der Waals surface area (Å²) in [7, 11) is 0. The van der Waals surface area contributed by atoms with E-state index in [0.717, 1.165) is 51.4 Å². The molecular weight excluding hydrogens is 444 g/mol. The third-order valence-electron chi connectivity index (χ3n) is 7.22. The van der Waals surface area contributed by atoms with Gasteiger partial charge in [0.05, 0.1) is 12.9 Å². The number of halogens is 4. The zero-order valence-electron chi connectivity index (χ0n) is 19.8. The maximum absolute atomic E-state index is 15.1. The highest BCUT2D eigenvalue weighted by Gasteiger charge is 2.32. The number of benzene rings is 2. The minimum atomic E-state index is -1.25. The zero-order valence-corrected chi connectivity index (χ0v) is 19.8. The van der Waals surface area contributed by atoms with E-state index in [1.54, 1.807) is 6.92 Å². The van der Waals surface area contributed by atoms with Crippen LogP contribution in [0.25, 0.3) is 11.1 Å². The SMILES string of the molecule is CCCC1=COC(C2CCC(c3ccc(-c4ccc(OCC)c(F)c4F)c(F)c3F)CC2)CC1. The van der Waals surface area contributed by atoms with Crippen LogP contribution < -0.4 is 4.74 Å². The quantitative estimate of drug-likeness (QED) is 0.373. The van der Waals surface area contributed by atoms with Crippen molar-refractivity contribution in [1.29, 1.82) is 0 Å². The van der Waals surface area contributed by atoms with Crippen LogP contribution in [0.1, 0.15) is 76.7 Å². The molecule has 4 rings (SSSR count). The maximum Gasteiger partial charge on any atom is 0.201 e. The molecule has 0 aromatic heterocycles. The van der Waals surface area contributed by atoms with Crippen molar-refractivity contribution in [2.75, 3.05) is 6.61 Å². The van der Waals surface area contributed by atoms with Crippen molar-refractivity contribution in [2.24, 2.45) is 5.92 Å². The Labute approximate surface area is 199 Å². The van der Waals surface area contributed by atoms with E-state index in [1.807, 2.05) is 6.26 Å². The summed E-state index contributed by atoms with van der Waals surface area (Å²) in [6.45, 7) is 3.98. The van der Waals surface area contributed by atoms with Gasteiger partial charge >= 0.3 is 0 Å². The Hall–Kier alpha value is -2.50. The Kier molecular flexibility index (Phi) is 7.84. The Bertz CT molecular complexity index is 1040. The third-order valence-corrected chi connectivity index (χ3v) is 7.22. The average molecular weight is 477 g/mol. The van der Waals surface area contributed by atoms with Crippen LogP contribution in [0.3, 0.4) is 0 Å². The molecule has 0 amide bonds. The summed E-state index contributed by atoms with van der Waals surface area (Å²) in [5, 5.41) is 0. The van der Waals surface area contributed by atoms with Crippen molar-refractivity contribution in [3.8, 4) is 16.9 Å². The molecule has 1 fully saturated rings. The molecule has 1 atom stereocenters. The molecule has 2 aromatic rings. The predicted molar refractivity (Wildman–Crippen MR) is 125 cm³/mol. The summed E-state index contributed by atoms with van der Waals surface area (Å²) in [5.41, 5.74) is 1.06. The van der Waals surface area contributed by atoms with Crippen molar-refractivity contribution in [1.82, 2.24) is 0 Å². The van der Waals surface area contributed by atoms with Gasteiger partial charge in [-0.25, -0.2) is 13.2 Å². The van der Waals surface area contributed by atoms with E-state index in [1.165, 1.54) is 29.8 Å². The largest absolute Gasteiger partial charge is 0.498 e. The Balaban J connectivity index is 1.46. The molecule has 1 unspecified atom stereocenters. The molecule has 0 N–H and O–H groups in total. The van der Waals surface area contributed by atoms with Gasteiger partial charge in [0.1, 0.15) is 6.10 Å². The molecule has 0 bridgehead atoms. The Morgan fingerprint density at radius 1 is 0.824 bits per heavy atom. The van der Waals surface area contributed by atoms with E-state index in [4.69, 9.17) is 9.47 Å². The van der Waals surface area contributed by atoms with Crippen LogP contribution in [-0.2, 0) is 4.74 Å². The van der Waals surface area contributed by atoms with Gasteiger partial charge in [0.15, 0.2) is 23.2 Å². The normalized spacial score (nSPS) is 22.8. The highest BCUT2D eigenvalue weighted by atomic mass is 19.2. The van der Waals surface area contributed by atoms with Crippen LogP contribution in [0, 0.1) is 29.2 Å². The second-order valence-electron chi connectivity index (χ2n) is 9.35. The van der Waals surface area contributed by atoms with Crippen LogP contribution in [0.4, 0.5) is 17.6 Å². The average Bonchev–Trinajstić information content (AvgIpc) is 2.85. The second kappa shape index (κ2) is 10.8. The van der Waals surface area contributed by atoms with Crippen LogP contribution in [0.15, 0.2) is 36.1 Å². The number of ether oxygens (including phenoxy) is 2. The molecule has 1 heterocycles. The van der Waals surface area contributed by atoms with Crippen molar-refractivity contribution in [2.45, 2.75) is 77.2 Å². The molecule has 0 radical (unpaired) electrons. The minimum Gasteiger partial charge on any atom is -0.498 e. The number of hydrogen-bond donors (Lipinski definition) is 0. The molecule has 34 heavy (non-hydrogen) atoms. The van der Waals surface area contributed by atoms with Gasteiger partial charge in [-0.05, 0) is 87.0 Å². The third kappa shape index (κ3) is 4.96. The van der Waals surface area contributed by atoms with Crippen molar-refractivity contribution in [3.63, 3.8) is 0 Å². The molecule has 2 aromatic carbocycles. The molecule has 2 aliphatic rings. The fraction of sp³-hybridized carbons (Fsp3) is 0.500. The Morgan fingerprint density at radius 3 is 2.12 bits per heavy atom. The van der Waals surface area contributed by atoms with E-state index < -0.39 is 23.3 Å². The van der Waals surface area contributed by atoms with Gasteiger partial charge in [0.25, 0.3) is 0 Å². The summed E-state index contributed by atoms with van der Waals surface area (Å²) in [4.78, 5) is 0. The number of allylic oxidation sites excluding steroid dienone is 1.